The molecule has 0 unspecified atom stereocenters. The highest BCUT2D eigenvalue weighted by Gasteiger charge is 2.25. The van der Waals surface area contributed by atoms with Crippen LogP contribution in [0.1, 0.15) is 26.2 Å². The Morgan fingerprint density at radius 1 is 1.07 bits per heavy atom. The number of hydrogen-bond donors (Lipinski definition) is 2. The van der Waals surface area contributed by atoms with E-state index in [0.29, 0.717) is 24.1 Å². The molecular weight excluding hydrogens is 350 g/mol. The molecule has 0 bridgehead atoms. The molecule has 2 aliphatic heterocycles. The number of amides is 2. The molecule has 3 rings (SSSR count). The molecule has 0 aromatic heterocycles. The van der Waals surface area contributed by atoms with Crippen molar-refractivity contribution in [2.24, 2.45) is 11.8 Å². The Kier molecular flexibility index (Phi) is 6.88. The van der Waals surface area contributed by atoms with Crippen LogP contribution in [-0.2, 0) is 0 Å². The zero-order valence-electron chi connectivity index (χ0n) is 16.0. The summed E-state index contributed by atoms with van der Waals surface area (Å²) in [6.45, 7) is 8.36. The van der Waals surface area contributed by atoms with Crippen molar-refractivity contribution >= 4 is 11.7 Å². The summed E-state index contributed by atoms with van der Waals surface area (Å²) in [5.74, 6) is -0.793. The number of hydrogen-bond acceptors (Lipinski definition) is 3. The normalized spacial score (nSPS) is 23.0. The number of anilines is 1. The van der Waals surface area contributed by atoms with E-state index in [1.807, 2.05) is 4.90 Å². The van der Waals surface area contributed by atoms with Gasteiger partial charge in [0.1, 0.15) is 0 Å². The summed E-state index contributed by atoms with van der Waals surface area (Å²) in [6.07, 6.45) is 3.24. The first kappa shape index (κ1) is 19.9. The van der Waals surface area contributed by atoms with Gasteiger partial charge >= 0.3 is 6.03 Å². The standard InChI is InChI=1S/C20H30F2N4O/c1-2-7-25-8-5-15(13-25)11-23-20(27)24-12-16-6-9-26(14-16)17-3-4-18(21)19(22)10-17/h3-4,10,15-16H,2,5-9,11-14H2,1H3,(H2,23,24,27)/t15-,16+/m0/s1. The highest BCUT2D eigenvalue weighted by molar-refractivity contribution is 5.73. The number of urea groups is 1. The van der Waals surface area contributed by atoms with Gasteiger partial charge in [-0.25, -0.2) is 13.6 Å². The molecule has 0 saturated carbocycles. The number of likely N-dealkylation sites (tertiary alicyclic amines) is 1. The van der Waals surface area contributed by atoms with Crippen molar-refractivity contribution in [3.05, 3.63) is 29.8 Å². The minimum atomic E-state index is -0.826. The van der Waals surface area contributed by atoms with E-state index >= 15 is 0 Å². The molecule has 1 aromatic carbocycles. The molecule has 2 fully saturated rings. The molecular formula is C20H30F2N4O. The molecule has 2 amide bonds. The van der Waals surface area contributed by atoms with E-state index in [9.17, 15) is 13.6 Å². The van der Waals surface area contributed by atoms with E-state index in [1.165, 1.54) is 12.5 Å². The van der Waals surface area contributed by atoms with Gasteiger partial charge in [-0.15, -0.1) is 0 Å². The molecule has 1 aromatic rings. The fourth-order valence-electron chi connectivity index (χ4n) is 4.05. The van der Waals surface area contributed by atoms with Crippen molar-refractivity contribution in [2.75, 3.05) is 50.7 Å². The number of benzene rings is 1. The first-order chi connectivity index (χ1) is 13.0. The fourth-order valence-corrected chi connectivity index (χ4v) is 4.05. The largest absolute Gasteiger partial charge is 0.371 e. The van der Waals surface area contributed by atoms with Crippen LogP contribution in [0.2, 0.25) is 0 Å². The zero-order chi connectivity index (χ0) is 19.2. The van der Waals surface area contributed by atoms with Gasteiger partial charge in [0.2, 0.25) is 0 Å². The maximum atomic E-state index is 13.4. The van der Waals surface area contributed by atoms with Crippen LogP contribution in [0.4, 0.5) is 19.3 Å². The lowest BCUT2D eigenvalue weighted by Gasteiger charge is -2.19. The molecule has 2 atom stereocenters. The maximum Gasteiger partial charge on any atom is 0.314 e. The van der Waals surface area contributed by atoms with Gasteiger partial charge in [-0.1, -0.05) is 6.92 Å². The average Bonchev–Trinajstić information content (AvgIpc) is 3.30. The lowest BCUT2D eigenvalue weighted by atomic mass is 10.1. The predicted octanol–water partition coefficient (Wildman–Crippen LogP) is 2.82. The molecule has 2 N–H and O–H groups in total. The SMILES string of the molecule is CCCN1CC[C@@H](CNC(=O)NC[C@H]2CCN(c3ccc(F)c(F)c3)C2)C1. The van der Waals surface area contributed by atoms with Crippen LogP contribution in [0.15, 0.2) is 18.2 Å². The average molecular weight is 380 g/mol. The second-order valence-electron chi connectivity index (χ2n) is 7.75. The lowest BCUT2D eigenvalue weighted by Crippen LogP contribution is -2.41. The molecule has 150 valence electrons. The van der Waals surface area contributed by atoms with Gasteiger partial charge in [0.15, 0.2) is 11.6 Å². The van der Waals surface area contributed by atoms with Crippen molar-refractivity contribution in [1.29, 1.82) is 0 Å². The van der Waals surface area contributed by atoms with E-state index in [-0.39, 0.29) is 6.03 Å². The number of nitrogens with one attached hydrogen (secondary N) is 2. The van der Waals surface area contributed by atoms with E-state index in [0.717, 1.165) is 58.2 Å². The molecule has 0 aliphatic carbocycles. The third kappa shape index (κ3) is 5.54. The van der Waals surface area contributed by atoms with Crippen LogP contribution in [0, 0.1) is 23.5 Å². The van der Waals surface area contributed by atoms with Crippen molar-refractivity contribution in [3.63, 3.8) is 0 Å². The third-order valence-corrected chi connectivity index (χ3v) is 5.57. The first-order valence-electron chi connectivity index (χ1n) is 9.99. The number of nitrogens with zero attached hydrogens (tertiary/aromatic N) is 2. The van der Waals surface area contributed by atoms with E-state index in [2.05, 4.69) is 22.5 Å². The number of halogens is 2. The minimum Gasteiger partial charge on any atom is -0.371 e. The van der Waals surface area contributed by atoms with Crippen molar-refractivity contribution in [3.8, 4) is 0 Å². The number of carbonyl (C=O) groups is 1. The summed E-state index contributed by atoms with van der Waals surface area (Å²) in [6, 6.07) is 3.88. The highest BCUT2D eigenvalue weighted by atomic mass is 19.2. The summed E-state index contributed by atoms with van der Waals surface area (Å²) in [4.78, 5) is 16.5. The van der Waals surface area contributed by atoms with Crippen LogP contribution >= 0.6 is 0 Å². The molecule has 2 heterocycles. The summed E-state index contributed by atoms with van der Waals surface area (Å²) in [5.41, 5.74) is 0.693. The molecule has 27 heavy (non-hydrogen) atoms. The Bertz CT molecular complexity index is 642. The Hall–Kier alpha value is -1.89. The Balaban J connectivity index is 1.34. The van der Waals surface area contributed by atoms with Crippen LogP contribution in [-0.4, -0.2) is 56.7 Å². The summed E-state index contributed by atoms with van der Waals surface area (Å²) < 4.78 is 26.5. The van der Waals surface area contributed by atoms with Gasteiger partial charge in [-0.05, 0) is 56.3 Å². The Labute approximate surface area is 160 Å². The first-order valence-corrected chi connectivity index (χ1v) is 9.99. The lowest BCUT2D eigenvalue weighted by molar-refractivity contribution is 0.237. The predicted molar refractivity (Wildman–Crippen MR) is 103 cm³/mol. The maximum absolute atomic E-state index is 13.4. The smallest absolute Gasteiger partial charge is 0.314 e. The fraction of sp³-hybridized carbons (Fsp3) is 0.650. The summed E-state index contributed by atoms with van der Waals surface area (Å²) >= 11 is 0. The molecule has 7 heteroatoms. The van der Waals surface area contributed by atoms with Gasteiger partial charge < -0.3 is 20.4 Å². The quantitative estimate of drug-likeness (QED) is 0.765. The highest BCUT2D eigenvalue weighted by Crippen LogP contribution is 2.25. The molecule has 0 spiro atoms. The number of carbonyl (C=O) groups excluding carboxylic acids is 1. The summed E-state index contributed by atoms with van der Waals surface area (Å²) in [7, 11) is 0. The molecule has 2 saturated heterocycles. The molecule has 0 radical (unpaired) electrons. The minimum absolute atomic E-state index is 0.116. The van der Waals surface area contributed by atoms with Gasteiger partial charge in [0.05, 0.1) is 0 Å². The zero-order valence-corrected chi connectivity index (χ0v) is 16.0. The van der Waals surface area contributed by atoms with Crippen LogP contribution in [0.5, 0.6) is 0 Å². The van der Waals surface area contributed by atoms with Crippen molar-refractivity contribution < 1.29 is 13.6 Å². The van der Waals surface area contributed by atoms with E-state index < -0.39 is 11.6 Å². The second-order valence-corrected chi connectivity index (χ2v) is 7.75. The summed E-state index contributed by atoms with van der Waals surface area (Å²) in [5, 5.41) is 5.94. The Morgan fingerprint density at radius 2 is 1.78 bits per heavy atom. The molecule has 2 aliphatic rings. The third-order valence-electron chi connectivity index (χ3n) is 5.57. The monoisotopic (exact) mass is 380 g/mol. The Morgan fingerprint density at radius 3 is 2.48 bits per heavy atom. The molecule has 5 nitrogen and oxygen atoms in total. The van der Waals surface area contributed by atoms with Gasteiger partial charge in [-0.2, -0.15) is 0 Å². The van der Waals surface area contributed by atoms with Gasteiger partial charge in [0.25, 0.3) is 0 Å². The van der Waals surface area contributed by atoms with Gasteiger partial charge in [-0.3, -0.25) is 0 Å². The van der Waals surface area contributed by atoms with Crippen LogP contribution < -0.4 is 15.5 Å². The van der Waals surface area contributed by atoms with Crippen molar-refractivity contribution in [1.82, 2.24) is 15.5 Å². The van der Waals surface area contributed by atoms with Crippen LogP contribution in [0.3, 0.4) is 0 Å². The topological polar surface area (TPSA) is 47.6 Å². The van der Waals surface area contributed by atoms with E-state index in [1.54, 1.807) is 6.07 Å². The number of rotatable bonds is 7. The van der Waals surface area contributed by atoms with E-state index in [4.69, 9.17) is 0 Å². The second kappa shape index (κ2) is 9.35. The van der Waals surface area contributed by atoms with Gasteiger partial charge in [0, 0.05) is 44.5 Å². The van der Waals surface area contributed by atoms with Crippen LogP contribution in [0.25, 0.3) is 0 Å². The van der Waals surface area contributed by atoms with Crippen molar-refractivity contribution in [2.45, 2.75) is 26.2 Å².